The summed E-state index contributed by atoms with van der Waals surface area (Å²) in [5.74, 6) is -0.00962. The molecular formula is C14H23NO3. The molecule has 0 bridgehead atoms. The molecule has 1 saturated carbocycles. The number of ether oxygens (including phenoxy) is 1. The smallest absolute Gasteiger partial charge is 0.410 e. The lowest BCUT2D eigenvalue weighted by atomic mass is 9.72. The fourth-order valence-corrected chi connectivity index (χ4v) is 2.07. The van der Waals surface area contributed by atoms with Crippen LogP contribution in [0.1, 0.15) is 47.0 Å². The molecule has 1 fully saturated rings. The monoisotopic (exact) mass is 253 g/mol. The fourth-order valence-electron chi connectivity index (χ4n) is 2.07. The van der Waals surface area contributed by atoms with Crippen molar-refractivity contribution >= 4 is 11.9 Å². The van der Waals surface area contributed by atoms with Gasteiger partial charge in [-0.15, -0.1) is 0 Å². The van der Waals surface area contributed by atoms with Gasteiger partial charge < -0.3 is 4.74 Å². The Morgan fingerprint density at radius 1 is 1.28 bits per heavy atom. The van der Waals surface area contributed by atoms with Gasteiger partial charge in [-0.05, 0) is 53.0 Å². The summed E-state index contributed by atoms with van der Waals surface area (Å²) in [5, 5.41) is 0. The Balaban J connectivity index is 2.83. The van der Waals surface area contributed by atoms with E-state index in [2.05, 4.69) is 0 Å². The minimum absolute atomic E-state index is 0.00962. The standard InChI is InChI=1S/C14H23NO3/c1-6-8-11(16)14(9-7-10-14)15(5)12(17)18-13(2,3)4/h6,8H,7,9-10H2,1-5H3/b8-6+. The maximum absolute atomic E-state index is 12.1. The number of hydrogen-bond donors (Lipinski definition) is 0. The molecule has 0 heterocycles. The first-order valence-electron chi connectivity index (χ1n) is 6.37. The highest BCUT2D eigenvalue weighted by Crippen LogP contribution is 2.38. The van der Waals surface area contributed by atoms with Crippen LogP contribution in [0.15, 0.2) is 12.2 Å². The van der Waals surface area contributed by atoms with E-state index in [0.29, 0.717) is 12.8 Å². The number of carbonyl (C=O) groups is 2. The Bertz CT molecular complexity index is 362. The predicted molar refractivity (Wildman–Crippen MR) is 70.4 cm³/mol. The molecule has 1 rings (SSSR count). The third-order valence-corrected chi connectivity index (χ3v) is 3.27. The third kappa shape index (κ3) is 2.92. The second-order valence-corrected chi connectivity index (χ2v) is 5.79. The number of rotatable bonds is 3. The molecule has 0 atom stereocenters. The normalized spacial score (nSPS) is 18.3. The van der Waals surface area contributed by atoms with Crippen LogP contribution in [0.2, 0.25) is 0 Å². The molecule has 0 unspecified atom stereocenters. The zero-order valence-electron chi connectivity index (χ0n) is 11.9. The van der Waals surface area contributed by atoms with Gasteiger partial charge in [-0.1, -0.05) is 6.08 Å². The van der Waals surface area contributed by atoms with E-state index in [4.69, 9.17) is 4.74 Å². The summed E-state index contributed by atoms with van der Waals surface area (Å²) in [5.41, 5.74) is -1.23. The van der Waals surface area contributed by atoms with Crippen molar-refractivity contribution in [2.24, 2.45) is 0 Å². The molecule has 1 aliphatic carbocycles. The summed E-state index contributed by atoms with van der Waals surface area (Å²) in [4.78, 5) is 25.6. The SMILES string of the molecule is C/C=C/C(=O)C1(N(C)C(=O)OC(C)(C)C)CCC1. The van der Waals surface area contributed by atoms with E-state index in [-0.39, 0.29) is 5.78 Å². The van der Waals surface area contributed by atoms with Crippen LogP contribution in [0.25, 0.3) is 0 Å². The molecule has 4 heteroatoms. The number of carbonyl (C=O) groups excluding carboxylic acids is 2. The van der Waals surface area contributed by atoms with E-state index < -0.39 is 17.2 Å². The lowest BCUT2D eigenvalue weighted by Gasteiger charge is -2.46. The van der Waals surface area contributed by atoms with Crippen LogP contribution in [0.3, 0.4) is 0 Å². The van der Waals surface area contributed by atoms with Crippen LogP contribution in [-0.2, 0) is 9.53 Å². The lowest BCUT2D eigenvalue weighted by molar-refractivity contribution is -0.130. The molecule has 0 N–H and O–H groups in total. The molecule has 0 radical (unpaired) electrons. The number of nitrogens with zero attached hydrogens (tertiary/aromatic N) is 1. The number of hydrogen-bond acceptors (Lipinski definition) is 3. The summed E-state index contributed by atoms with van der Waals surface area (Å²) in [6, 6.07) is 0. The fraction of sp³-hybridized carbons (Fsp3) is 0.714. The van der Waals surface area contributed by atoms with Crippen molar-refractivity contribution in [1.29, 1.82) is 0 Å². The van der Waals surface area contributed by atoms with Gasteiger partial charge in [0.1, 0.15) is 11.1 Å². The zero-order valence-corrected chi connectivity index (χ0v) is 11.9. The van der Waals surface area contributed by atoms with Crippen molar-refractivity contribution in [2.45, 2.75) is 58.1 Å². The van der Waals surface area contributed by atoms with Crippen molar-refractivity contribution in [3.8, 4) is 0 Å². The first-order valence-corrected chi connectivity index (χ1v) is 6.37. The van der Waals surface area contributed by atoms with Crippen LogP contribution < -0.4 is 0 Å². The molecule has 0 aromatic rings. The maximum atomic E-state index is 12.1. The van der Waals surface area contributed by atoms with Gasteiger partial charge in [0.15, 0.2) is 5.78 Å². The molecule has 0 spiro atoms. The van der Waals surface area contributed by atoms with Crippen molar-refractivity contribution in [1.82, 2.24) is 4.90 Å². The Hall–Kier alpha value is -1.32. The molecule has 0 saturated heterocycles. The summed E-state index contributed by atoms with van der Waals surface area (Å²) < 4.78 is 5.32. The van der Waals surface area contributed by atoms with E-state index in [1.807, 2.05) is 20.8 Å². The Labute approximate surface area is 109 Å². The van der Waals surface area contributed by atoms with Crippen LogP contribution in [0, 0.1) is 0 Å². The minimum atomic E-state index is -0.686. The highest BCUT2D eigenvalue weighted by atomic mass is 16.6. The van der Waals surface area contributed by atoms with Gasteiger partial charge in [0.2, 0.25) is 0 Å². The molecule has 102 valence electrons. The first-order chi connectivity index (χ1) is 8.23. The van der Waals surface area contributed by atoms with Gasteiger partial charge in [0.25, 0.3) is 0 Å². The molecule has 1 amide bonds. The van der Waals surface area contributed by atoms with E-state index in [0.717, 1.165) is 6.42 Å². The molecule has 4 nitrogen and oxygen atoms in total. The Morgan fingerprint density at radius 2 is 1.83 bits per heavy atom. The first kappa shape index (κ1) is 14.7. The quantitative estimate of drug-likeness (QED) is 0.726. The Kier molecular flexibility index (Phi) is 4.20. The van der Waals surface area contributed by atoms with Gasteiger partial charge in [-0.2, -0.15) is 0 Å². The van der Waals surface area contributed by atoms with Gasteiger partial charge in [-0.25, -0.2) is 4.79 Å². The second-order valence-electron chi connectivity index (χ2n) is 5.79. The number of amides is 1. The van der Waals surface area contributed by atoms with Crippen molar-refractivity contribution in [3.63, 3.8) is 0 Å². The highest BCUT2D eigenvalue weighted by molar-refractivity contribution is 6.00. The van der Waals surface area contributed by atoms with Crippen LogP contribution >= 0.6 is 0 Å². The molecule has 18 heavy (non-hydrogen) atoms. The van der Waals surface area contributed by atoms with Gasteiger partial charge in [-0.3, -0.25) is 9.69 Å². The molecule has 0 aliphatic heterocycles. The van der Waals surface area contributed by atoms with Crippen LogP contribution in [0.5, 0.6) is 0 Å². The highest BCUT2D eigenvalue weighted by Gasteiger charge is 2.49. The van der Waals surface area contributed by atoms with Gasteiger partial charge >= 0.3 is 6.09 Å². The molecule has 1 aliphatic rings. The average molecular weight is 253 g/mol. The van der Waals surface area contributed by atoms with E-state index >= 15 is 0 Å². The van der Waals surface area contributed by atoms with Crippen molar-refractivity contribution in [3.05, 3.63) is 12.2 Å². The molecular weight excluding hydrogens is 230 g/mol. The van der Waals surface area contributed by atoms with E-state index in [1.165, 1.54) is 4.90 Å². The summed E-state index contributed by atoms with van der Waals surface area (Å²) in [6.07, 6.45) is 5.22. The topological polar surface area (TPSA) is 46.6 Å². The van der Waals surface area contributed by atoms with Crippen molar-refractivity contribution < 1.29 is 14.3 Å². The Morgan fingerprint density at radius 3 is 2.17 bits per heavy atom. The lowest BCUT2D eigenvalue weighted by Crippen LogP contribution is -2.59. The number of likely N-dealkylation sites (N-methyl/N-ethyl adjacent to an activating group) is 1. The summed E-state index contributed by atoms with van der Waals surface area (Å²) in [6.45, 7) is 7.26. The number of ketones is 1. The van der Waals surface area contributed by atoms with Crippen LogP contribution in [-0.4, -0.2) is 35.0 Å². The van der Waals surface area contributed by atoms with E-state index in [1.54, 1.807) is 26.1 Å². The zero-order chi connectivity index (χ0) is 14.0. The number of allylic oxidation sites excluding steroid dienone is 1. The average Bonchev–Trinajstić information content (AvgIpc) is 2.13. The largest absolute Gasteiger partial charge is 0.444 e. The van der Waals surface area contributed by atoms with Crippen LogP contribution in [0.4, 0.5) is 4.79 Å². The third-order valence-electron chi connectivity index (χ3n) is 3.27. The van der Waals surface area contributed by atoms with E-state index in [9.17, 15) is 9.59 Å². The summed E-state index contributed by atoms with van der Waals surface area (Å²) in [7, 11) is 1.65. The molecule has 0 aromatic carbocycles. The van der Waals surface area contributed by atoms with Crippen molar-refractivity contribution in [2.75, 3.05) is 7.05 Å². The predicted octanol–water partition coefficient (Wildman–Crippen LogP) is 2.92. The van der Waals surface area contributed by atoms with Gasteiger partial charge in [0, 0.05) is 7.05 Å². The maximum Gasteiger partial charge on any atom is 0.410 e. The van der Waals surface area contributed by atoms with Gasteiger partial charge in [0.05, 0.1) is 0 Å². The molecule has 0 aromatic heterocycles. The summed E-state index contributed by atoms with van der Waals surface area (Å²) >= 11 is 0. The second kappa shape index (κ2) is 5.12. The minimum Gasteiger partial charge on any atom is -0.444 e.